The third-order valence-corrected chi connectivity index (χ3v) is 18.3. The molecule has 1 aromatic rings. The van der Waals surface area contributed by atoms with Crippen molar-refractivity contribution in [3.63, 3.8) is 0 Å². The molecule has 0 radical (unpaired) electrons. The average molecular weight is 703 g/mol. The van der Waals surface area contributed by atoms with Gasteiger partial charge in [-0.2, -0.15) is 9.59 Å². The molecule has 1 aliphatic heterocycles. The fourth-order valence-electron chi connectivity index (χ4n) is 13.8. The molecule has 4 saturated carbocycles. The van der Waals surface area contributed by atoms with Crippen molar-refractivity contribution in [2.75, 3.05) is 37.7 Å². The Labute approximate surface area is 304 Å². The van der Waals surface area contributed by atoms with E-state index in [0.717, 1.165) is 55.4 Å². The molecule has 0 spiro atoms. The first-order valence-electron chi connectivity index (χ1n) is 19.7. The fraction of sp³-hybridized carbons (Fsp3) is 0.727. The average Bonchev–Trinajstić information content (AvgIpc) is 3.43. The van der Waals surface area contributed by atoms with Crippen molar-refractivity contribution >= 4 is 27.1 Å². The smallest absolute Gasteiger partial charge is 0.310 e. The maximum atomic E-state index is 12.5. The van der Waals surface area contributed by atoms with Gasteiger partial charge < -0.3 is 10.2 Å². The van der Waals surface area contributed by atoms with Gasteiger partial charge in [0.15, 0.2) is 0 Å². The normalized spacial score (nSPS) is 41.5. The molecule has 1 aromatic carbocycles. The number of nitrogens with zero attached hydrogens (tertiary/aromatic N) is 1. The number of rotatable bonds is 6. The Balaban J connectivity index is 0.00000139. The van der Waals surface area contributed by atoms with Crippen LogP contribution in [0.25, 0.3) is 5.57 Å². The largest absolute Gasteiger partial charge is 0.373 e. The molecule has 0 aromatic heterocycles. The van der Waals surface area contributed by atoms with Gasteiger partial charge in [0.05, 0.1) is 0 Å². The summed E-state index contributed by atoms with van der Waals surface area (Å²) in [5.41, 5.74) is 7.32. The van der Waals surface area contributed by atoms with Gasteiger partial charge in [0.25, 0.3) is 0 Å². The van der Waals surface area contributed by atoms with E-state index in [1.165, 1.54) is 74.5 Å². The van der Waals surface area contributed by atoms with E-state index < -0.39 is 9.52 Å². The van der Waals surface area contributed by atoms with Gasteiger partial charge in [-0.05, 0) is 149 Å². The van der Waals surface area contributed by atoms with Crippen molar-refractivity contribution in [2.24, 2.45) is 51.2 Å². The van der Waals surface area contributed by atoms with Crippen LogP contribution in [0.5, 0.6) is 0 Å². The lowest BCUT2D eigenvalue weighted by Gasteiger charge is -2.72. The summed E-state index contributed by atoms with van der Waals surface area (Å²) >= 11 is 0. The molecule has 1 N–H and O–H groups in total. The van der Waals surface area contributed by atoms with Crippen molar-refractivity contribution in [1.82, 2.24) is 10.2 Å². The highest BCUT2D eigenvalue weighted by Crippen LogP contribution is 2.76. The maximum absolute atomic E-state index is 12.5. The first kappa shape index (κ1) is 37.8. The highest BCUT2D eigenvalue weighted by Gasteiger charge is 2.70. The summed E-state index contributed by atoms with van der Waals surface area (Å²) in [4.78, 5) is 18.8. The van der Waals surface area contributed by atoms with E-state index in [1.807, 2.05) is 0 Å². The van der Waals surface area contributed by atoms with Crippen LogP contribution in [0.3, 0.4) is 0 Å². The molecule has 6 heteroatoms. The van der Waals surface area contributed by atoms with Gasteiger partial charge in [0.1, 0.15) is 0 Å². The summed E-state index contributed by atoms with van der Waals surface area (Å²) in [6.45, 7) is 26.6. The Morgan fingerprint density at radius 1 is 0.920 bits per heavy atom. The molecule has 5 fully saturated rings. The van der Waals surface area contributed by atoms with Crippen LogP contribution in [0, 0.1) is 58.2 Å². The zero-order valence-electron chi connectivity index (χ0n) is 32.4. The molecule has 6 aliphatic rings. The highest BCUT2D eigenvalue weighted by molar-refractivity contribution is 8.00. The number of benzene rings is 1. The van der Waals surface area contributed by atoms with Gasteiger partial charge in [-0.25, -0.2) is 0 Å². The Morgan fingerprint density at radius 2 is 1.58 bits per heavy atom. The standard InChI is InChI=1S/C43H66N2OS.CO2/c1-30(2)33-16-21-43(44-24-25-45-26-28-47(9,46)29-27-45)23-22-41(7)35(38(33)43)14-15-37-40(6)19-17-34(32-12-10-31(3)11-13-32)39(4,5)36(40)18-20-42(37,41)8;2-1-3/h10-13,17,33,35-38,44H,1,9,14-16,18-29H2,2-8H3;/t33-,35+,36-,37+,38+,40-,41+,42+,43-;/m0./s1. The van der Waals surface area contributed by atoms with Gasteiger partial charge in [0.2, 0.25) is 0 Å². The molecule has 1 heterocycles. The fourth-order valence-corrected chi connectivity index (χ4v) is 15.2. The first-order chi connectivity index (χ1) is 23.5. The van der Waals surface area contributed by atoms with E-state index in [9.17, 15) is 4.21 Å². The second kappa shape index (κ2) is 13.5. The number of allylic oxidation sites excluding steroid dienone is 3. The molecule has 5 aliphatic carbocycles. The minimum Gasteiger partial charge on any atom is -0.310 e. The lowest BCUT2D eigenvalue weighted by molar-refractivity contribution is -0.219. The summed E-state index contributed by atoms with van der Waals surface area (Å²) in [7, 11) is -1.84. The second-order valence-electron chi connectivity index (χ2n) is 19.0. The summed E-state index contributed by atoms with van der Waals surface area (Å²) < 4.78 is 12.5. The number of hydrogen-bond donors (Lipinski definition) is 1. The van der Waals surface area contributed by atoms with Crippen LogP contribution < -0.4 is 5.32 Å². The predicted octanol–water partition coefficient (Wildman–Crippen LogP) is 8.44. The number of carbonyl (C=O) groups excluding carboxylic acids is 2. The molecule has 276 valence electrons. The third kappa shape index (κ3) is 6.06. The number of fused-ring (bicyclic) bond motifs is 7. The van der Waals surface area contributed by atoms with Gasteiger partial charge in [-0.3, -0.25) is 4.21 Å². The lowest BCUT2D eigenvalue weighted by atomic mass is 9.33. The Morgan fingerprint density at radius 3 is 2.22 bits per heavy atom. The van der Waals surface area contributed by atoms with Crippen LogP contribution in [0.15, 0.2) is 42.5 Å². The lowest BCUT2D eigenvalue weighted by Crippen LogP contribution is -2.68. The summed E-state index contributed by atoms with van der Waals surface area (Å²) in [5.74, 6) is 9.10. The Bertz CT molecular complexity index is 1610. The minimum atomic E-state index is -1.84. The highest BCUT2D eigenvalue weighted by atomic mass is 32.2. The molecule has 9 atom stereocenters. The van der Waals surface area contributed by atoms with Crippen molar-refractivity contribution in [3.8, 4) is 0 Å². The number of aryl methyl sites for hydroxylation is 1. The molecule has 50 heavy (non-hydrogen) atoms. The second-order valence-corrected chi connectivity index (χ2v) is 21.7. The first-order valence-corrected chi connectivity index (χ1v) is 21.8. The van der Waals surface area contributed by atoms with Crippen molar-refractivity contribution in [1.29, 1.82) is 0 Å². The van der Waals surface area contributed by atoms with Crippen LogP contribution in [0.1, 0.15) is 110 Å². The van der Waals surface area contributed by atoms with E-state index in [-0.39, 0.29) is 17.1 Å². The van der Waals surface area contributed by atoms with Gasteiger partial charge in [0, 0.05) is 43.2 Å². The molecule has 7 rings (SSSR count). The topological polar surface area (TPSA) is 66.5 Å². The summed E-state index contributed by atoms with van der Waals surface area (Å²) in [6.07, 6.45) is 14.9. The van der Waals surface area contributed by atoms with Crippen molar-refractivity contribution in [3.05, 3.63) is 53.6 Å². The molecular formula is C44H66N2O3S. The van der Waals surface area contributed by atoms with Crippen molar-refractivity contribution < 1.29 is 13.8 Å². The van der Waals surface area contributed by atoms with E-state index in [0.29, 0.717) is 28.1 Å². The summed E-state index contributed by atoms with van der Waals surface area (Å²) in [5, 5.41) is 4.29. The quantitative estimate of drug-likeness (QED) is 0.238. The Hall–Kier alpha value is -1.98. The zero-order valence-corrected chi connectivity index (χ0v) is 33.2. The minimum absolute atomic E-state index is 0.183. The number of hydrogen-bond acceptors (Lipinski definition) is 5. The molecule has 1 saturated heterocycles. The number of nitrogens with one attached hydrogen (secondary N) is 1. The SMILES string of the molecule is C=C(C)[C@@H]1CC[C@]2(NCCN3CCS(=C)(=O)CC3)CC[C@]3(C)[C@H](CC[C@@H]4[C@@]5(C)CC=C(c6ccc(C)cc6)C(C)(C)[C@@H]5CC[C@]43C)[C@@H]12.O=C=O. The van der Waals surface area contributed by atoms with Crippen LogP contribution >= 0.6 is 0 Å². The monoisotopic (exact) mass is 702 g/mol. The molecule has 5 nitrogen and oxygen atoms in total. The van der Waals surface area contributed by atoms with Crippen LogP contribution in [-0.2, 0) is 19.1 Å². The maximum Gasteiger partial charge on any atom is 0.373 e. The van der Waals surface area contributed by atoms with E-state index in [1.54, 1.807) is 5.57 Å². The Kier molecular flexibility index (Phi) is 10.2. The van der Waals surface area contributed by atoms with Crippen molar-refractivity contribution in [2.45, 2.75) is 112 Å². The molecule has 0 bridgehead atoms. The molecule has 0 unspecified atom stereocenters. The molecule has 0 amide bonds. The van der Waals surface area contributed by atoms with E-state index in [2.05, 4.69) is 101 Å². The third-order valence-electron chi connectivity index (χ3n) is 16.5. The van der Waals surface area contributed by atoms with Gasteiger partial charge in [-0.1, -0.05) is 82.7 Å². The molecular weight excluding hydrogens is 637 g/mol. The van der Waals surface area contributed by atoms with Gasteiger partial charge >= 0.3 is 6.15 Å². The van der Waals surface area contributed by atoms with Crippen LogP contribution in [0.4, 0.5) is 0 Å². The van der Waals surface area contributed by atoms with E-state index >= 15 is 0 Å². The zero-order chi connectivity index (χ0) is 36.3. The summed E-state index contributed by atoms with van der Waals surface area (Å²) in [6, 6.07) is 9.35. The van der Waals surface area contributed by atoms with Crippen LogP contribution in [0.2, 0.25) is 0 Å². The predicted molar refractivity (Wildman–Crippen MR) is 208 cm³/mol. The van der Waals surface area contributed by atoms with E-state index in [4.69, 9.17) is 9.59 Å². The van der Waals surface area contributed by atoms with Gasteiger partial charge in [-0.15, -0.1) is 0 Å². The van der Waals surface area contributed by atoms with Crippen LogP contribution in [-0.4, -0.2) is 64.4 Å².